The standard InChI is InChI=1S/C16H20Cl2N2O5/c1-9(2)7-19-16(23)20-14(21)8-24-15(22)10(3)25-13-5-4-11(17)6-12(13)18/h4-6,9-10H,7-8H2,1-3H3,(H2,19,20,21,23)/t10-/m1/s1. The SMILES string of the molecule is CC(C)CNC(=O)NC(=O)COC(=O)[C@@H](C)Oc1ccc(Cl)cc1Cl. The summed E-state index contributed by atoms with van der Waals surface area (Å²) in [4.78, 5) is 34.8. The Morgan fingerprint density at radius 3 is 2.44 bits per heavy atom. The van der Waals surface area contributed by atoms with Gasteiger partial charge >= 0.3 is 12.0 Å². The fourth-order valence-corrected chi connectivity index (χ4v) is 2.02. The number of halogens is 2. The van der Waals surface area contributed by atoms with Gasteiger partial charge in [-0.05, 0) is 31.0 Å². The molecule has 9 heteroatoms. The van der Waals surface area contributed by atoms with Crippen LogP contribution in [-0.2, 0) is 14.3 Å². The minimum atomic E-state index is -0.999. The van der Waals surface area contributed by atoms with Crippen LogP contribution in [0.15, 0.2) is 18.2 Å². The van der Waals surface area contributed by atoms with Gasteiger partial charge in [0.25, 0.3) is 5.91 Å². The number of rotatable bonds is 7. The van der Waals surface area contributed by atoms with Gasteiger partial charge in [-0.25, -0.2) is 9.59 Å². The number of hydrogen-bond acceptors (Lipinski definition) is 5. The van der Waals surface area contributed by atoms with Crippen LogP contribution in [-0.4, -0.2) is 37.2 Å². The molecule has 0 bridgehead atoms. The molecule has 3 amide bonds. The number of urea groups is 1. The van der Waals surface area contributed by atoms with Crippen LogP contribution in [0.4, 0.5) is 4.79 Å². The Balaban J connectivity index is 2.39. The van der Waals surface area contributed by atoms with Gasteiger partial charge in [-0.2, -0.15) is 0 Å². The Morgan fingerprint density at radius 1 is 1.16 bits per heavy atom. The predicted molar refractivity (Wildman–Crippen MR) is 93.9 cm³/mol. The average Bonchev–Trinajstić information content (AvgIpc) is 2.53. The summed E-state index contributed by atoms with van der Waals surface area (Å²) in [6.07, 6.45) is -0.999. The van der Waals surface area contributed by atoms with E-state index in [1.807, 2.05) is 13.8 Å². The molecule has 0 aromatic heterocycles. The third kappa shape index (κ3) is 8.09. The highest BCUT2D eigenvalue weighted by Crippen LogP contribution is 2.28. The first-order chi connectivity index (χ1) is 11.7. The molecular weight excluding hydrogens is 371 g/mol. The van der Waals surface area contributed by atoms with E-state index in [-0.39, 0.29) is 16.7 Å². The van der Waals surface area contributed by atoms with Crippen LogP contribution in [0, 0.1) is 5.92 Å². The molecule has 0 aliphatic carbocycles. The van der Waals surface area contributed by atoms with Crippen molar-refractivity contribution < 1.29 is 23.9 Å². The van der Waals surface area contributed by atoms with Crippen LogP contribution in [0.2, 0.25) is 10.0 Å². The van der Waals surface area contributed by atoms with E-state index >= 15 is 0 Å². The molecule has 7 nitrogen and oxygen atoms in total. The van der Waals surface area contributed by atoms with Crippen molar-refractivity contribution in [2.75, 3.05) is 13.2 Å². The maximum absolute atomic E-state index is 11.8. The molecule has 0 aliphatic rings. The van der Waals surface area contributed by atoms with E-state index in [9.17, 15) is 14.4 Å². The second-order valence-electron chi connectivity index (χ2n) is 5.59. The molecule has 1 atom stereocenters. The number of amides is 3. The van der Waals surface area contributed by atoms with E-state index in [0.29, 0.717) is 11.6 Å². The van der Waals surface area contributed by atoms with Crippen LogP contribution in [0.1, 0.15) is 20.8 Å². The number of nitrogens with one attached hydrogen (secondary N) is 2. The highest BCUT2D eigenvalue weighted by Gasteiger charge is 2.19. The van der Waals surface area contributed by atoms with Gasteiger partial charge in [0.15, 0.2) is 12.7 Å². The Morgan fingerprint density at radius 2 is 1.84 bits per heavy atom. The maximum Gasteiger partial charge on any atom is 0.347 e. The lowest BCUT2D eigenvalue weighted by molar-refractivity contribution is -0.154. The normalized spacial score (nSPS) is 11.6. The largest absolute Gasteiger partial charge is 0.477 e. The molecule has 2 N–H and O–H groups in total. The predicted octanol–water partition coefficient (Wildman–Crippen LogP) is 2.79. The zero-order valence-corrected chi connectivity index (χ0v) is 15.6. The summed E-state index contributed by atoms with van der Waals surface area (Å²) >= 11 is 11.7. The van der Waals surface area contributed by atoms with Gasteiger partial charge in [-0.15, -0.1) is 0 Å². The maximum atomic E-state index is 11.8. The first-order valence-electron chi connectivity index (χ1n) is 7.55. The molecule has 0 spiro atoms. The fraction of sp³-hybridized carbons (Fsp3) is 0.438. The van der Waals surface area contributed by atoms with E-state index in [0.717, 1.165) is 0 Å². The summed E-state index contributed by atoms with van der Waals surface area (Å²) in [6, 6.07) is 3.90. The van der Waals surface area contributed by atoms with Crippen molar-refractivity contribution in [1.29, 1.82) is 0 Å². The molecule has 0 aliphatic heterocycles. The first-order valence-corrected chi connectivity index (χ1v) is 8.30. The fourth-order valence-electron chi connectivity index (χ4n) is 1.57. The Bertz CT molecular complexity index is 637. The lowest BCUT2D eigenvalue weighted by Crippen LogP contribution is -2.43. The molecule has 0 radical (unpaired) electrons. The van der Waals surface area contributed by atoms with Crippen molar-refractivity contribution in [3.8, 4) is 5.75 Å². The molecule has 0 heterocycles. The molecule has 0 unspecified atom stereocenters. The monoisotopic (exact) mass is 390 g/mol. The van der Waals surface area contributed by atoms with Crippen molar-refractivity contribution >= 4 is 41.1 Å². The van der Waals surface area contributed by atoms with E-state index in [1.54, 1.807) is 6.07 Å². The van der Waals surface area contributed by atoms with Crippen molar-refractivity contribution in [1.82, 2.24) is 10.6 Å². The van der Waals surface area contributed by atoms with Gasteiger partial charge in [0.05, 0.1) is 5.02 Å². The van der Waals surface area contributed by atoms with E-state index < -0.39 is 30.6 Å². The molecule has 1 aromatic rings. The average molecular weight is 391 g/mol. The van der Waals surface area contributed by atoms with Gasteiger partial charge < -0.3 is 14.8 Å². The van der Waals surface area contributed by atoms with Crippen molar-refractivity contribution in [2.45, 2.75) is 26.9 Å². The number of benzene rings is 1. The summed E-state index contributed by atoms with van der Waals surface area (Å²) in [7, 11) is 0. The quantitative estimate of drug-likeness (QED) is 0.698. The first kappa shape index (κ1) is 21.1. The Labute approximate surface area is 155 Å². The number of carbonyl (C=O) groups is 3. The van der Waals surface area contributed by atoms with E-state index in [4.69, 9.17) is 32.7 Å². The van der Waals surface area contributed by atoms with E-state index in [2.05, 4.69) is 10.6 Å². The third-order valence-electron chi connectivity index (χ3n) is 2.80. The van der Waals surface area contributed by atoms with Gasteiger partial charge in [-0.3, -0.25) is 10.1 Å². The number of ether oxygens (including phenoxy) is 2. The number of hydrogen-bond donors (Lipinski definition) is 2. The minimum Gasteiger partial charge on any atom is -0.477 e. The van der Waals surface area contributed by atoms with E-state index in [1.165, 1.54) is 19.1 Å². The second-order valence-corrected chi connectivity index (χ2v) is 6.44. The molecule has 0 saturated heterocycles. The van der Waals surface area contributed by atoms with Crippen LogP contribution < -0.4 is 15.4 Å². The van der Waals surface area contributed by atoms with Crippen molar-refractivity contribution in [3.05, 3.63) is 28.2 Å². The van der Waals surface area contributed by atoms with Crippen molar-refractivity contribution in [2.24, 2.45) is 5.92 Å². The highest BCUT2D eigenvalue weighted by atomic mass is 35.5. The zero-order valence-electron chi connectivity index (χ0n) is 14.1. The van der Waals surface area contributed by atoms with Crippen LogP contribution in [0.5, 0.6) is 5.75 Å². The van der Waals surface area contributed by atoms with Gasteiger partial charge in [-0.1, -0.05) is 37.0 Å². The number of imide groups is 1. The lowest BCUT2D eigenvalue weighted by Gasteiger charge is -2.15. The van der Waals surface area contributed by atoms with Crippen LogP contribution in [0.25, 0.3) is 0 Å². The third-order valence-corrected chi connectivity index (χ3v) is 3.33. The van der Waals surface area contributed by atoms with Crippen molar-refractivity contribution in [3.63, 3.8) is 0 Å². The summed E-state index contributed by atoms with van der Waals surface area (Å²) in [5.41, 5.74) is 0. The lowest BCUT2D eigenvalue weighted by atomic mass is 10.2. The number of carbonyl (C=O) groups excluding carboxylic acids is 3. The van der Waals surface area contributed by atoms with Gasteiger partial charge in [0, 0.05) is 11.6 Å². The van der Waals surface area contributed by atoms with Gasteiger partial charge in [0.1, 0.15) is 5.75 Å². The highest BCUT2D eigenvalue weighted by molar-refractivity contribution is 6.35. The summed E-state index contributed by atoms with van der Waals surface area (Å²) in [5, 5.41) is 5.23. The van der Waals surface area contributed by atoms with Crippen LogP contribution >= 0.6 is 23.2 Å². The topological polar surface area (TPSA) is 93.7 Å². The number of esters is 1. The zero-order chi connectivity index (χ0) is 19.0. The Kier molecular flexibility index (Phi) is 8.51. The molecule has 138 valence electrons. The molecule has 0 saturated carbocycles. The second kappa shape index (κ2) is 10.1. The van der Waals surface area contributed by atoms with Gasteiger partial charge in [0.2, 0.25) is 0 Å². The molecular formula is C16H20Cl2N2O5. The summed E-state index contributed by atoms with van der Waals surface area (Å²) in [6.45, 7) is 5.10. The smallest absolute Gasteiger partial charge is 0.347 e. The minimum absolute atomic E-state index is 0.242. The summed E-state index contributed by atoms with van der Waals surface area (Å²) < 4.78 is 10.2. The molecule has 1 aromatic carbocycles. The molecule has 25 heavy (non-hydrogen) atoms. The molecule has 0 fully saturated rings. The van der Waals surface area contributed by atoms with Crippen LogP contribution in [0.3, 0.4) is 0 Å². The Hall–Kier alpha value is -1.99. The molecule has 1 rings (SSSR count). The summed E-state index contributed by atoms with van der Waals surface area (Å²) in [5.74, 6) is -1.01.